The molecule has 7 N–H and O–H groups in total. The SMILES string of the molecule is CCCCCCC/C=C\C/C=C\C/C=C\CCCCCCCCCCC(=O)OC(COCCCCCCCCCCCCCCCCCCC)COC1OC(COC2OC(CO)C(O)C(O)C2O)C(O)C(O)C1O. The van der Waals surface area contributed by atoms with E-state index in [0.29, 0.717) is 13.0 Å². The summed E-state index contributed by atoms with van der Waals surface area (Å²) in [6.45, 7) is 3.71. The maximum Gasteiger partial charge on any atom is 0.306 e. The summed E-state index contributed by atoms with van der Waals surface area (Å²) in [4.78, 5) is 13.1. The van der Waals surface area contributed by atoms with Gasteiger partial charge in [0.05, 0.1) is 26.4 Å². The molecule has 2 fully saturated rings. The van der Waals surface area contributed by atoms with Crippen molar-refractivity contribution in [3.05, 3.63) is 36.5 Å². The average Bonchev–Trinajstić information content (AvgIpc) is 3.40. The molecule has 14 nitrogen and oxygen atoms in total. The number of hydrogen-bond acceptors (Lipinski definition) is 14. The van der Waals surface area contributed by atoms with E-state index in [1.54, 1.807) is 0 Å². The van der Waals surface area contributed by atoms with E-state index in [2.05, 4.69) is 50.3 Å². The standard InChI is InChI=1S/C60H110O14/c1-3-5-7-9-11-13-15-17-19-21-22-23-24-25-26-27-29-31-33-35-37-39-41-43-52(62)72-49(46-69-44-42-40-38-36-34-32-30-28-20-18-16-14-12-10-8-6-4-2)47-70-59-58(68)56(66)54(64)51(74-59)48-71-60-57(67)55(65)53(63)50(45-61)73-60/h15,17,21-22,24-25,49-51,53-61,63-68H,3-14,16,18-20,23,26-48H2,1-2H3/b17-15-,22-21-,25-24-. The van der Waals surface area contributed by atoms with Crippen LogP contribution in [0.5, 0.6) is 0 Å². The van der Waals surface area contributed by atoms with E-state index in [0.717, 1.165) is 57.8 Å². The second kappa shape index (κ2) is 47.2. The van der Waals surface area contributed by atoms with Crippen LogP contribution in [0.15, 0.2) is 36.5 Å². The highest BCUT2D eigenvalue weighted by Crippen LogP contribution is 2.27. The van der Waals surface area contributed by atoms with Crippen molar-refractivity contribution < 1.29 is 69.0 Å². The number of ether oxygens (including phenoxy) is 6. The van der Waals surface area contributed by atoms with Gasteiger partial charge in [0.15, 0.2) is 12.6 Å². The fourth-order valence-corrected chi connectivity index (χ4v) is 9.53. The maximum atomic E-state index is 13.1. The molecule has 2 saturated heterocycles. The summed E-state index contributed by atoms with van der Waals surface area (Å²) in [5.41, 5.74) is 0. The number of unbranched alkanes of at least 4 members (excludes halogenated alkanes) is 29. The molecular formula is C60H110O14. The average molecular weight is 1060 g/mol. The van der Waals surface area contributed by atoms with Crippen molar-refractivity contribution in [2.75, 3.05) is 33.0 Å². The lowest BCUT2D eigenvalue weighted by molar-refractivity contribution is -0.332. The Bertz CT molecular complexity index is 1360. The maximum absolute atomic E-state index is 13.1. The molecule has 2 aliphatic heterocycles. The van der Waals surface area contributed by atoms with Crippen molar-refractivity contribution >= 4 is 5.97 Å². The molecule has 0 saturated carbocycles. The van der Waals surface area contributed by atoms with Crippen LogP contribution in [0.4, 0.5) is 0 Å². The van der Waals surface area contributed by atoms with E-state index < -0.39 is 80.7 Å². The second-order valence-corrected chi connectivity index (χ2v) is 21.2. The van der Waals surface area contributed by atoms with E-state index in [1.807, 2.05) is 0 Å². The van der Waals surface area contributed by atoms with Crippen molar-refractivity contribution in [1.29, 1.82) is 0 Å². The van der Waals surface area contributed by atoms with E-state index in [1.165, 1.54) is 154 Å². The fraction of sp³-hybridized carbons (Fsp3) is 0.883. The third-order valence-corrected chi connectivity index (χ3v) is 14.4. The van der Waals surface area contributed by atoms with Crippen LogP contribution >= 0.6 is 0 Å². The summed E-state index contributed by atoms with van der Waals surface area (Å²) in [7, 11) is 0. The number of carbonyl (C=O) groups is 1. The summed E-state index contributed by atoms with van der Waals surface area (Å²) in [6.07, 6.45) is 39.1. The zero-order valence-electron chi connectivity index (χ0n) is 46.6. The molecular weight excluding hydrogens is 945 g/mol. The normalized spacial score (nSPS) is 25.0. The molecule has 2 rings (SSSR count). The van der Waals surface area contributed by atoms with Gasteiger partial charge in [0.1, 0.15) is 54.9 Å². The lowest BCUT2D eigenvalue weighted by Crippen LogP contribution is -2.61. The molecule has 0 bridgehead atoms. The van der Waals surface area contributed by atoms with Gasteiger partial charge in [-0.15, -0.1) is 0 Å². The topological polar surface area (TPSA) is 214 Å². The molecule has 2 heterocycles. The van der Waals surface area contributed by atoms with Gasteiger partial charge in [-0.2, -0.15) is 0 Å². The van der Waals surface area contributed by atoms with Gasteiger partial charge in [-0.05, 0) is 51.4 Å². The molecule has 434 valence electrons. The summed E-state index contributed by atoms with van der Waals surface area (Å²) in [5, 5.41) is 72.4. The quantitative estimate of drug-likeness (QED) is 0.0172. The van der Waals surface area contributed by atoms with Gasteiger partial charge in [0.25, 0.3) is 0 Å². The van der Waals surface area contributed by atoms with Gasteiger partial charge < -0.3 is 64.2 Å². The first-order chi connectivity index (χ1) is 36.1. The van der Waals surface area contributed by atoms with Crippen molar-refractivity contribution in [3.8, 4) is 0 Å². The molecule has 11 atom stereocenters. The number of hydrogen-bond donors (Lipinski definition) is 7. The molecule has 0 radical (unpaired) electrons. The predicted octanol–water partition coefficient (Wildman–Crippen LogP) is 10.9. The second-order valence-electron chi connectivity index (χ2n) is 21.2. The summed E-state index contributed by atoms with van der Waals surface area (Å²) < 4.78 is 34.4. The largest absolute Gasteiger partial charge is 0.457 e. The summed E-state index contributed by atoms with van der Waals surface area (Å²) in [5.74, 6) is -0.379. The van der Waals surface area contributed by atoms with Crippen molar-refractivity contribution in [2.45, 2.75) is 306 Å². The number of carbonyl (C=O) groups excluding carboxylic acids is 1. The van der Waals surface area contributed by atoms with E-state index in [9.17, 15) is 40.5 Å². The lowest BCUT2D eigenvalue weighted by Gasteiger charge is -2.42. The van der Waals surface area contributed by atoms with Gasteiger partial charge in [0.2, 0.25) is 0 Å². The summed E-state index contributed by atoms with van der Waals surface area (Å²) in [6, 6.07) is 0. The van der Waals surface area contributed by atoms with Crippen molar-refractivity contribution in [3.63, 3.8) is 0 Å². The van der Waals surface area contributed by atoms with Crippen LogP contribution in [0.3, 0.4) is 0 Å². The van der Waals surface area contributed by atoms with Crippen LogP contribution in [0.25, 0.3) is 0 Å². The van der Waals surface area contributed by atoms with Crippen LogP contribution in [0, 0.1) is 0 Å². The zero-order chi connectivity index (χ0) is 53.7. The van der Waals surface area contributed by atoms with Crippen LogP contribution in [-0.2, 0) is 33.2 Å². The number of rotatable bonds is 49. The third kappa shape index (κ3) is 33.5. The Kier molecular flexibility index (Phi) is 43.6. The fourth-order valence-electron chi connectivity index (χ4n) is 9.53. The van der Waals surface area contributed by atoms with Crippen molar-refractivity contribution in [2.24, 2.45) is 0 Å². The highest BCUT2D eigenvalue weighted by molar-refractivity contribution is 5.69. The number of aliphatic hydroxyl groups excluding tert-OH is 7. The number of esters is 1. The Morgan fingerprint density at radius 1 is 0.446 bits per heavy atom. The Morgan fingerprint density at radius 2 is 0.838 bits per heavy atom. The van der Waals surface area contributed by atoms with Gasteiger partial charge in [-0.25, -0.2) is 0 Å². The first kappa shape index (κ1) is 68.3. The van der Waals surface area contributed by atoms with Gasteiger partial charge in [-0.3, -0.25) is 4.79 Å². The zero-order valence-corrected chi connectivity index (χ0v) is 46.6. The minimum Gasteiger partial charge on any atom is -0.457 e. The molecule has 0 spiro atoms. The molecule has 0 aromatic heterocycles. The molecule has 14 heteroatoms. The number of allylic oxidation sites excluding steroid dienone is 6. The third-order valence-electron chi connectivity index (χ3n) is 14.4. The Balaban J connectivity index is 1.70. The van der Waals surface area contributed by atoms with E-state index in [4.69, 9.17) is 28.4 Å². The van der Waals surface area contributed by atoms with E-state index >= 15 is 0 Å². The van der Waals surface area contributed by atoms with Crippen LogP contribution in [0.1, 0.15) is 239 Å². The smallest absolute Gasteiger partial charge is 0.306 e. The Labute approximate surface area is 449 Å². The molecule has 0 aliphatic carbocycles. The van der Waals surface area contributed by atoms with E-state index in [-0.39, 0.29) is 25.6 Å². The Hall–Kier alpha value is -1.79. The van der Waals surface area contributed by atoms with Crippen LogP contribution in [0.2, 0.25) is 0 Å². The lowest BCUT2D eigenvalue weighted by atomic mass is 9.98. The number of aliphatic hydroxyl groups is 7. The molecule has 11 unspecified atom stereocenters. The van der Waals surface area contributed by atoms with Crippen molar-refractivity contribution in [1.82, 2.24) is 0 Å². The van der Waals surface area contributed by atoms with Crippen LogP contribution in [-0.4, -0.2) is 142 Å². The first-order valence-electron chi connectivity index (χ1n) is 30.1. The molecule has 0 aromatic rings. The first-order valence-corrected chi connectivity index (χ1v) is 30.1. The van der Waals surface area contributed by atoms with Gasteiger partial charge >= 0.3 is 5.97 Å². The molecule has 2 aliphatic rings. The monoisotopic (exact) mass is 1050 g/mol. The van der Waals surface area contributed by atoms with Crippen LogP contribution < -0.4 is 0 Å². The predicted molar refractivity (Wildman–Crippen MR) is 293 cm³/mol. The Morgan fingerprint density at radius 3 is 1.31 bits per heavy atom. The molecule has 0 aromatic carbocycles. The summed E-state index contributed by atoms with van der Waals surface area (Å²) >= 11 is 0. The minimum absolute atomic E-state index is 0.0618. The molecule has 74 heavy (non-hydrogen) atoms. The minimum atomic E-state index is -1.71. The van der Waals surface area contributed by atoms with Gasteiger partial charge in [0, 0.05) is 13.0 Å². The highest BCUT2D eigenvalue weighted by Gasteiger charge is 2.47. The highest BCUT2D eigenvalue weighted by atomic mass is 16.7. The molecule has 0 amide bonds. The van der Waals surface area contributed by atoms with Gasteiger partial charge in [-0.1, -0.05) is 217 Å².